The Labute approximate surface area is 109 Å². The number of pyridine rings is 1. The average Bonchev–Trinajstić information content (AvgIpc) is 2.40. The zero-order valence-corrected chi connectivity index (χ0v) is 11.1. The lowest BCUT2D eigenvalue weighted by Gasteiger charge is -2.08. The van der Waals surface area contributed by atoms with E-state index >= 15 is 0 Å². The predicted molar refractivity (Wildman–Crippen MR) is 76.4 cm³/mol. The standard InChI is InChI=1S/C16H20N2/c1-3-8-17-10-14-9-15(12-18-11-14)16-7-5-4-6-13(16)2/h4-7,9,11-12,17H,3,8,10H2,1-2H3. The van der Waals surface area contributed by atoms with E-state index < -0.39 is 0 Å². The normalized spacial score (nSPS) is 10.6. The third-order valence-electron chi connectivity index (χ3n) is 3.01. The van der Waals surface area contributed by atoms with Crippen LogP contribution in [0.25, 0.3) is 11.1 Å². The van der Waals surface area contributed by atoms with Crippen LogP contribution < -0.4 is 5.32 Å². The van der Waals surface area contributed by atoms with Crippen LogP contribution in [0.3, 0.4) is 0 Å². The van der Waals surface area contributed by atoms with Gasteiger partial charge in [-0.2, -0.15) is 0 Å². The summed E-state index contributed by atoms with van der Waals surface area (Å²) in [6, 6.07) is 10.6. The number of rotatable bonds is 5. The molecule has 94 valence electrons. The first-order valence-corrected chi connectivity index (χ1v) is 6.52. The summed E-state index contributed by atoms with van der Waals surface area (Å²) in [4.78, 5) is 4.34. The Morgan fingerprint density at radius 3 is 2.78 bits per heavy atom. The van der Waals surface area contributed by atoms with E-state index in [1.807, 2.05) is 12.4 Å². The number of nitrogens with zero attached hydrogens (tertiary/aromatic N) is 1. The van der Waals surface area contributed by atoms with Crippen molar-refractivity contribution < 1.29 is 0 Å². The van der Waals surface area contributed by atoms with Gasteiger partial charge in [0.25, 0.3) is 0 Å². The van der Waals surface area contributed by atoms with Crippen molar-refractivity contribution in [1.82, 2.24) is 10.3 Å². The van der Waals surface area contributed by atoms with Gasteiger partial charge in [0, 0.05) is 24.5 Å². The molecule has 1 N–H and O–H groups in total. The quantitative estimate of drug-likeness (QED) is 0.808. The molecule has 0 fully saturated rings. The van der Waals surface area contributed by atoms with E-state index in [1.54, 1.807) is 0 Å². The molecular weight excluding hydrogens is 220 g/mol. The second kappa shape index (κ2) is 6.31. The molecule has 1 aromatic carbocycles. The number of benzene rings is 1. The lowest BCUT2D eigenvalue weighted by atomic mass is 10.0. The Kier molecular flexibility index (Phi) is 4.48. The van der Waals surface area contributed by atoms with Crippen LogP contribution in [0, 0.1) is 6.92 Å². The maximum Gasteiger partial charge on any atom is 0.0346 e. The maximum absolute atomic E-state index is 4.34. The lowest BCUT2D eigenvalue weighted by Crippen LogP contribution is -2.13. The van der Waals surface area contributed by atoms with Crippen molar-refractivity contribution in [2.75, 3.05) is 6.54 Å². The molecule has 0 radical (unpaired) electrons. The van der Waals surface area contributed by atoms with Crippen molar-refractivity contribution in [2.45, 2.75) is 26.8 Å². The van der Waals surface area contributed by atoms with Gasteiger partial charge in [-0.25, -0.2) is 0 Å². The van der Waals surface area contributed by atoms with Crippen molar-refractivity contribution in [3.05, 3.63) is 53.9 Å². The molecule has 0 saturated heterocycles. The Bertz CT molecular complexity index is 506. The Hall–Kier alpha value is -1.67. The van der Waals surface area contributed by atoms with Gasteiger partial charge in [-0.15, -0.1) is 0 Å². The number of aryl methyl sites for hydroxylation is 1. The second-order valence-electron chi connectivity index (χ2n) is 4.57. The molecule has 0 spiro atoms. The number of hydrogen-bond acceptors (Lipinski definition) is 2. The Balaban J connectivity index is 2.19. The van der Waals surface area contributed by atoms with Gasteiger partial charge in [0.1, 0.15) is 0 Å². The molecule has 2 rings (SSSR count). The molecular formula is C16H20N2. The summed E-state index contributed by atoms with van der Waals surface area (Å²) in [5.41, 5.74) is 4.99. The summed E-state index contributed by atoms with van der Waals surface area (Å²) in [7, 11) is 0. The lowest BCUT2D eigenvalue weighted by molar-refractivity contribution is 0.674. The molecule has 0 aliphatic carbocycles. The smallest absolute Gasteiger partial charge is 0.0346 e. The van der Waals surface area contributed by atoms with Crippen molar-refractivity contribution in [3.8, 4) is 11.1 Å². The van der Waals surface area contributed by atoms with Gasteiger partial charge < -0.3 is 5.32 Å². The van der Waals surface area contributed by atoms with Crippen molar-refractivity contribution >= 4 is 0 Å². The highest BCUT2D eigenvalue weighted by atomic mass is 14.8. The zero-order valence-electron chi connectivity index (χ0n) is 11.1. The molecule has 0 unspecified atom stereocenters. The van der Waals surface area contributed by atoms with E-state index in [0.29, 0.717) is 0 Å². The molecule has 2 aromatic rings. The van der Waals surface area contributed by atoms with Crippen LogP contribution >= 0.6 is 0 Å². The first kappa shape index (κ1) is 12.8. The van der Waals surface area contributed by atoms with Crippen molar-refractivity contribution in [2.24, 2.45) is 0 Å². The molecule has 0 aliphatic heterocycles. The summed E-state index contributed by atoms with van der Waals surface area (Å²) in [6.45, 7) is 6.25. The van der Waals surface area contributed by atoms with Crippen molar-refractivity contribution in [1.29, 1.82) is 0 Å². The van der Waals surface area contributed by atoms with E-state index in [2.05, 4.69) is 54.5 Å². The van der Waals surface area contributed by atoms with Crippen LogP contribution in [0.15, 0.2) is 42.7 Å². The molecule has 0 atom stereocenters. The number of nitrogens with one attached hydrogen (secondary N) is 1. The Morgan fingerprint density at radius 1 is 1.17 bits per heavy atom. The number of aromatic nitrogens is 1. The SMILES string of the molecule is CCCNCc1cncc(-c2ccccc2C)c1. The largest absolute Gasteiger partial charge is 0.313 e. The van der Waals surface area contributed by atoms with Crippen LogP contribution in [0.2, 0.25) is 0 Å². The van der Waals surface area contributed by atoms with E-state index in [-0.39, 0.29) is 0 Å². The van der Waals surface area contributed by atoms with Crippen LogP contribution in [0.1, 0.15) is 24.5 Å². The Morgan fingerprint density at radius 2 is 2.00 bits per heavy atom. The molecule has 2 nitrogen and oxygen atoms in total. The van der Waals surface area contributed by atoms with E-state index in [9.17, 15) is 0 Å². The summed E-state index contributed by atoms with van der Waals surface area (Å²) < 4.78 is 0. The third-order valence-corrected chi connectivity index (χ3v) is 3.01. The highest BCUT2D eigenvalue weighted by molar-refractivity contribution is 5.66. The zero-order chi connectivity index (χ0) is 12.8. The topological polar surface area (TPSA) is 24.9 Å². The van der Waals surface area contributed by atoms with E-state index in [1.165, 1.54) is 22.3 Å². The third kappa shape index (κ3) is 3.17. The predicted octanol–water partition coefficient (Wildman–Crippen LogP) is 3.56. The molecule has 0 amide bonds. The first-order valence-electron chi connectivity index (χ1n) is 6.52. The fourth-order valence-electron chi connectivity index (χ4n) is 2.04. The average molecular weight is 240 g/mol. The summed E-state index contributed by atoms with van der Waals surface area (Å²) in [5.74, 6) is 0. The van der Waals surface area contributed by atoms with E-state index in [4.69, 9.17) is 0 Å². The highest BCUT2D eigenvalue weighted by Gasteiger charge is 2.02. The van der Waals surface area contributed by atoms with Gasteiger partial charge in [0.15, 0.2) is 0 Å². The molecule has 0 saturated carbocycles. The molecule has 18 heavy (non-hydrogen) atoms. The molecule has 0 bridgehead atoms. The van der Waals surface area contributed by atoms with Gasteiger partial charge in [-0.1, -0.05) is 31.2 Å². The fourth-order valence-corrected chi connectivity index (χ4v) is 2.04. The summed E-state index contributed by atoms with van der Waals surface area (Å²) >= 11 is 0. The van der Waals surface area contributed by atoms with Gasteiger partial charge in [-0.05, 0) is 42.6 Å². The second-order valence-corrected chi connectivity index (χ2v) is 4.57. The molecule has 1 heterocycles. The summed E-state index contributed by atoms with van der Waals surface area (Å²) in [5, 5.41) is 3.40. The van der Waals surface area contributed by atoms with Gasteiger partial charge in [-0.3, -0.25) is 4.98 Å². The van der Waals surface area contributed by atoms with E-state index in [0.717, 1.165) is 19.5 Å². The highest BCUT2D eigenvalue weighted by Crippen LogP contribution is 2.22. The molecule has 1 aromatic heterocycles. The minimum atomic E-state index is 0.889. The van der Waals surface area contributed by atoms with Crippen LogP contribution in [0.4, 0.5) is 0 Å². The van der Waals surface area contributed by atoms with Crippen LogP contribution in [0.5, 0.6) is 0 Å². The monoisotopic (exact) mass is 240 g/mol. The van der Waals surface area contributed by atoms with Crippen LogP contribution in [-0.4, -0.2) is 11.5 Å². The van der Waals surface area contributed by atoms with Gasteiger partial charge in [0.2, 0.25) is 0 Å². The minimum absolute atomic E-state index is 0.889. The van der Waals surface area contributed by atoms with Gasteiger partial charge >= 0.3 is 0 Å². The minimum Gasteiger partial charge on any atom is -0.313 e. The molecule has 0 aliphatic rings. The first-order chi connectivity index (χ1) is 8.81. The number of hydrogen-bond donors (Lipinski definition) is 1. The van der Waals surface area contributed by atoms with Crippen molar-refractivity contribution in [3.63, 3.8) is 0 Å². The fraction of sp³-hybridized carbons (Fsp3) is 0.312. The summed E-state index contributed by atoms with van der Waals surface area (Å²) in [6.07, 6.45) is 5.03. The molecule has 2 heteroatoms. The maximum atomic E-state index is 4.34. The van der Waals surface area contributed by atoms with Crippen LogP contribution in [-0.2, 0) is 6.54 Å². The van der Waals surface area contributed by atoms with Gasteiger partial charge in [0.05, 0.1) is 0 Å².